The van der Waals surface area contributed by atoms with Crippen LogP contribution in [0.3, 0.4) is 0 Å². The Balaban J connectivity index is 1.71. The zero-order valence-electron chi connectivity index (χ0n) is 15.5. The van der Waals surface area contributed by atoms with Crippen LogP contribution >= 0.6 is 0 Å². The molecule has 0 unspecified atom stereocenters. The molecule has 1 aromatic carbocycles. The molecule has 1 N–H and O–H groups in total. The number of ether oxygens (including phenoxy) is 1. The summed E-state index contributed by atoms with van der Waals surface area (Å²) in [5.41, 5.74) is 0.983. The highest BCUT2D eigenvalue weighted by molar-refractivity contribution is 5.89. The topological polar surface area (TPSA) is 108 Å². The Morgan fingerprint density at radius 3 is 2.79 bits per heavy atom. The first-order valence-corrected chi connectivity index (χ1v) is 8.88. The monoisotopic (exact) mass is 396 g/mol. The van der Waals surface area contributed by atoms with Crippen molar-refractivity contribution < 1.29 is 13.9 Å². The number of nitrogens with zero attached hydrogens (tertiary/aromatic N) is 5. The number of nitrogens with one attached hydrogen (secondary N) is 1. The predicted molar refractivity (Wildman–Crippen MR) is 102 cm³/mol. The molecule has 0 radical (unpaired) electrons. The number of pyridine rings is 1. The van der Waals surface area contributed by atoms with Crippen molar-refractivity contribution in [3.63, 3.8) is 0 Å². The summed E-state index contributed by atoms with van der Waals surface area (Å²) in [4.78, 5) is 30.1. The lowest BCUT2D eigenvalue weighted by Gasteiger charge is -2.04. The molecule has 3 aromatic heterocycles. The number of carbonyl (C=O) groups is 1. The van der Waals surface area contributed by atoms with Crippen molar-refractivity contribution in [2.45, 2.75) is 20.0 Å². The number of hydrogen-bond acceptors (Lipinski definition) is 6. The number of benzene rings is 1. The predicted octanol–water partition coefficient (Wildman–Crippen LogP) is 1.73. The molecule has 0 aliphatic heterocycles. The number of halogens is 1. The van der Waals surface area contributed by atoms with Crippen LogP contribution < -0.4 is 5.69 Å². The van der Waals surface area contributed by atoms with Gasteiger partial charge in [-0.15, -0.1) is 5.10 Å². The van der Waals surface area contributed by atoms with Crippen LogP contribution in [0, 0.1) is 5.82 Å². The van der Waals surface area contributed by atoms with E-state index in [1.165, 1.54) is 13.0 Å². The van der Waals surface area contributed by atoms with Gasteiger partial charge in [-0.25, -0.2) is 23.5 Å². The van der Waals surface area contributed by atoms with Gasteiger partial charge in [0.25, 0.3) is 0 Å². The van der Waals surface area contributed by atoms with Crippen LogP contribution in [0.2, 0.25) is 0 Å². The minimum Gasteiger partial charge on any atom is -0.464 e. The summed E-state index contributed by atoms with van der Waals surface area (Å²) in [5.74, 6) is -0.516. The van der Waals surface area contributed by atoms with Crippen LogP contribution in [0.15, 0.2) is 47.4 Å². The molecule has 0 atom stereocenters. The molecule has 148 valence electrons. The second-order valence-electron chi connectivity index (χ2n) is 6.31. The van der Waals surface area contributed by atoms with Crippen LogP contribution in [0.1, 0.15) is 12.5 Å². The Morgan fingerprint density at radius 1 is 1.17 bits per heavy atom. The summed E-state index contributed by atoms with van der Waals surface area (Å²) < 4.78 is 21.7. The highest BCUT2D eigenvalue weighted by Gasteiger charge is 2.18. The highest BCUT2D eigenvalue weighted by atomic mass is 19.1. The SMILES string of the molecule is CC(=O)OCCn1nc(-c2nn(Cc3ccccc3F)c3ncccc23)[nH]c1=O. The second-order valence-corrected chi connectivity index (χ2v) is 6.31. The van der Waals surface area contributed by atoms with Gasteiger partial charge < -0.3 is 4.74 Å². The molecular formula is C19H17FN6O3. The lowest BCUT2D eigenvalue weighted by Crippen LogP contribution is -2.21. The van der Waals surface area contributed by atoms with Crippen LogP contribution in [0.25, 0.3) is 22.6 Å². The smallest absolute Gasteiger partial charge is 0.343 e. The lowest BCUT2D eigenvalue weighted by molar-refractivity contribution is -0.141. The van der Waals surface area contributed by atoms with Crippen molar-refractivity contribution in [2.24, 2.45) is 0 Å². The molecule has 4 aromatic rings. The number of carbonyl (C=O) groups excluding carboxylic acids is 1. The number of hydrogen-bond donors (Lipinski definition) is 1. The van der Waals surface area contributed by atoms with Crippen molar-refractivity contribution >= 4 is 17.0 Å². The standard InChI is InChI=1S/C19H17FN6O3/c1-12(27)29-10-9-25-19(28)22-17(24-25)16-14-6-4-8-21-18(14)26(23-16)11-13-5-2-3-7-15(13)20/h2-8H,9-11H2,1H3,(H,22,24,28). The zero-order chi connectivity index (χ0) is 20.4. The van der Waals surface area contributed by atoms with E-state index in [0.29, 0.717) is 22.3 Å². The first kappa shape index (κ1) is 18.5. The maximum Gasteiger partial charge on any atom is 0.343 e. The third-order valence-electron chi connectivity index (χ3n) is 4.30. The van der Waals surface area contributed by atoms with Crippen LogP contribution in [-0.2, 0) is 22.6 Å². The Bertz CT molecular complexity index is 1240. The van der Waals surface area contributed by atoms with Crippen molar-refractivity contribution in [2.75, 3.05) is 6.61 Å². The average Bonchev–Trinajstić information content (AvgIpc) is 3.24. The quantitative estimate of drug-likeness (QED) is 0.498. The Kier molecular flexibility index (Phi) is 4.90. The fourth-order valence-corrected chi connectivity index (χ4v) is 2.97. The molecule has 9 nitrogen and oxygen atoms in total. The number of esters is 1. The number of rotatable bonds is 6. The van der Waals surface area contributed by atoms with E-state index >= 15 is 0 Å². The van der Waals surface area contributed by atoms with E-state index in [4.69, 9.17) is 4.74 Å². The molecule has 0 spiro atoms. The molecule has 0 aliphatic rings. The summed E-state index contributed by atoms with van der Waals surface area (Å²) in [5, 5.41) is 9.43. The highest BCUT2D eigenvalue weighted by Crippen LogP contribution is 2.24. The molecule has 29 heavy (non-hydrogen) atoms. The van der Waals surface area contributed by atoms with E-state index in [9.17, 15) is 14.0 Å². The summed E-state index contributed by atoms with van der Waals surface area (Å²) in [7, 11) is 0. The van der Waals surface area contributed by atoms with Gasteiger partial charge in [0.05, 0.1) is 18.5 Å². The van der Waals surface area contributed by atoms with Gasteiger partial charge in [0.15, 0.2) is 11.5 Å². The van der Waals surface area contributed by atoms with E-state index in [1.807, 2.05) is 0 Å². The summed E-state index contributed by atoms with van der Waals surface area (Å²) in [6.45, 7) is 1.61. The van der Waals surface area contributed by atoms with Gasteiger partial charge in [0, 0.05) is 18.7 Å². The van der Waals surface area contributed by atoms with Crippen LogP contribution in [-0.4, -0.2) is 42.1 Å². The van der Waals surface area contributed by atoms with Gasteiger partial charge in [-0.3, -0.25) is 9.78 Å². The first-order valence-electron chi connectivity index (χ1n) is 8.88. The minimum atomic E-state index is -0.451. The largest absolute Gasteiger partial charge is 0.464 e. The van der Waals surface area contributed by atoms with Gasteiger partial charge in [-0.05, 0) is 18.2 Å². The molecule has 0 saturated carbocycles. The maximum absolute atomic E-state index is 14.1. The lowest BCUT2D eigenvalue weighted by atomic mass is 10.2. The molecule has 3 heterocycles. The summed E-state index contributed by atoms with van der Waals surface area (Å²) >= 11 is 0. The minimum absolute atomic E-state index is 0.0313. The molecule has 0 fully saturated rings. The fraction of sp³-hybridized carbons (Fsp3) is 0.211. The van der Waals surface area contributed by atoms with Gasteiger partial charge in [-0.2, -0.15) is 5.10 Å². The van der Waals surface area contributed by atoms with E-state index in [1.54, 1.807) is 41.2 Å². The van der Waals surface area contributed by atoms with Gasteiger partial charge >= 0.3 is 11.7 Å². The average molecular weight is 396 g/mol. The number of fused-ring (bicyclic) bond motifs is 1. The Hall–Kier alpha value is -3.82. The molecule has 10 heteroatoms. The molecule has 0 aliphatic carbocycles. The van der Waals surface area contributed by atoms with Crippen LogP contribution in [0.5, 0.6) is 0 Å². The first-order chi connectivity index (χ1) is 14.0. The second kappa shape index (κ2) is 7.66. The maximum atomic E-state index is 14.1. The zero-order valence-corrected chi connectivity index (χ0v) is 15.5. The number of H-pyrrole nitrogens is 1. The van der Waals surface area contributed by atoms with Gasteiger partial charge in [0.1, 0.15) is 18.1 Å². The van der Waals surface area contributed by atoms with E-state index in [-0.39, 0.29) is 31.3 Å². The van der Waals surface area contributed by atoms with Gasteiger partial charge in [0.2, 0.25) is 0 Å². The number of aromatic amines is 1. The Labute approximate surface area is 163 Å². The Morgan fingerprint density at radius 2 is 2.00 bits per heavy atom. The van der Waals surface area contributed by atoms with Crippen molar-refractivity contribution in [1.29, 1.82) is 0 Å². The molecule has 0 bridgehead atoms. The van der Waals surface area contributed by atoms with Crippen molar-refractivity contribution in [3.05, 3.63) is 64.5 Å². The number of aromatic nitrogens is 6. The third-order valence-corrected chi connectivity index (χ3v) is 4.30. The third kappa shape index (κ3) is 3.77. The van der Waals surface area contributed by atoms with E-state index in [0.717, 1.165) is 4.68 Å². The van der Waals surface area contributed by atoms with Crippen molar-refractivity contribution in [1.82, 2.24) is 29.5 Å². The molecule has 0 saturated heterocycles. The van der Waals surface area contributed by atoms with E-state index < -0.39 is 11.7 Å². The van der Waals surface area contributed by atoms with E-state index in [2.05, 4.69) is 20.2 Å². The fourth-order valence-electron chi connectivity index (χ4n) is 2.97. The van der Waals surface area contributed by atoms with Gasteiger partial charge in [-0.1, -0.05) is 18.2 Å². The normalized spacial score (nSPS) is 11.1. The molecular weight excluding hydrogens is 379 g/mol. The summed E-state index contributed by atoms with van der Waals surface area (Å²) in [6, 6.07) is 9.99. The summed E-state index contributed by atoms with van der Waals surface area (Å²) in [6.07, 6.45) is 1.62. The van der Waals surface area contributed by atoms with Crippen molar-refractivity contribution in [3.8, 4) is 11.5 Å². The molecule has 0 amide bonds. The van der Waals surface area contributed by atoms with Crippen LogP contribution in [0.4, 0.5) is 4.39 Å². The molecule has 4 rings (SSSR count).